The average Bonchev–Trinajstić information content (AvgIpc) is 2.78. The van der Waals surface area contributed by atoms with E-state index in [2.05, 4.69) is 22.2 Å². The third-order valence-corrected chi connectivity index (χ3v) is 4.75. The summed E-state index contributed by atoms with van der Waals surface area (Å²) in [5.41, 5.74) is 1.47. The van der Waals surface area contributed by atoms with Crippen LogP contribution in [0.25, 0.3) is 10.2 Å². The van der Waals surface area contributed by atoms with E-state index in [4.69, 9.17) is 4.74 Å². The minimum absolute atomic E-state index is 0.252. The number of rotatable bonds is 4. The Morgan fingerprint density at radius 1 is 1.37 bits per heavy atom. The van der Waals surface area contributed by atoms with Gasteiger partial charge >= 0.3 is 0 Å². The quantitative estimate of drug-likeness (QED) is 0.933. The average molecular weight is 277 g/mol. The summed E-state index contributed by atoms with van der Waals surface area (Å²) in [5.74, 6) is 0.967. The minimum atomic E-state index is 0.252. The van der Waals surface area contributed by atoms with Crippen LogP contribution in [0.2, 0.25) is 0 Å². The van der Waals surface area contributed by atoms with Crippen LogP contribution in [0.15, 0.2) is 6.33 Å². The van der Waals surface area contributed by atoms with Crippen molar-refractivity contribution in [2.24, 2.45) is 0 Å². The van der Waals surface area contributed by atoms with Crippen LogP contribution >= 0.6 is 11.3 Å². The monoisotopic (exact) mass is 277 g/mol. The molecule has 0 amide bonds. The van der Waals surface area contributed by atoms with Crippen LogP contribution in [0.5, 0.6) is 0 Å². The molecule has 4 nitrogen and oxygen atoms in total. The number of nitrogens with one attached hydrogen (secondary N) is 1. The Balaban J connectivity index is 2.01. The molecule has 0 fully saturated rings. The maximum absolute atomic E-state index is 5.18. The Hall–Kier alpha value is -1.20. The molecule has 0 saturated heterocycles. The smallest absolute Gasteiger partial charge is 0.138 e. The molecular formula is C14H19N3OS. The summed E-state index contributed by atoms with van der Waals surface area (Å²) < 4.78 is 5.18. The lowest BCUT2D eigenvalue weighted by atomic mass is 9.97. The maximum atomic E-state index is 5.18. The summed E-state index contributed by atoms with van der Waals surface area (Å²) in [6, 6.07) is 0.252. The lowest BCUT2D eigenvalue weighted by Gasteiger charge is -2.16. The van der Waals surface area contributed by atoms with Crippen LogP contribution in [0.4, 0.5) is 5.82 Å². The van der Waals surface area contributed by atoms with Crippen molar-refractivity contribution in [3.8, 4) is 0 Å². The van der Waals surface area contributed by atoms with Gasteiger partial charge in [0.15, 0.2) is 0 Å². The van der Waals surface area contributed by atoms with Crippen molar-refractivity contribution in [3.05, 3.63) is 16.8 Å². The van der Waals surface area contributed by atoms with Crippen LogP contribution in [0.1, 0.15) is 30.2 Å². The van der Waals surface area contributed by atoms with E-state index in [-0.39, 0.29) is 6.04 Å². The molecule has 3 rings (SSSR count). The SMILES string of the molecule is COCC(C)Nc1ncnc2sc3c(c12)CCCC3. The Kier molecular flexibility index (Phi) is 3.66. The fraction of sp³-hybridized carbons (Fsp3) is 0.571. The van der Waals surface area contributed by atoms with Gasteiger partial charge in [-0.1, -0.05) is 0 Å². The van der Waals surface area contributed by atoms with Crippen LogP contribution in [0.3, 0.4) is 0 Å². The Bertz CT molecular complexity index is 581. The number of aryl methyl sites for hydroxylation is 2. The van der Waals surface area contributed by atoms with Crippen molar-refractivity contribution >= 4 is 27.4 Å². The maximum Gasteiger partial charge on any atom is 0.138 e. The van der Waals surface area contributed by atoms with Gasteiger partial charge in [0.1, 0.15) is 17.0 Å². The van der Waals surface area contributed by atoms with Gasteiger partial charge in [-0.25, -0.2) is 9.97 Å². The lowest BCUT2D eigenvalue weighted by molar-refractivity contribution is 0.190. The van der Waals surface area contributed by atoms with Crippen LogP contribution < -0.4 is 5.32 Å². The van der Waals surface area contributed by atoms with E-state index >= 15 is 0 Å². The van der Waals surface area contributed by atoms with Gasteiger partial charge in [-0.05, 0) is 38.2 Å². The molecule has 1 N–H and O–H groups in total. The van der Waals surface area contributed by atoms with E-state index < -0.39 is 0 Å². The van der Waals surface area contributed by atoms with E-state index in [1.54, 1.807) is 13.4 Å². The first-order chi connectivity index (χ1) is 9.29. The Morgan fingerprint density at radius 2 is 2.21 bits per heavy atom. The fourth-order valence-electron chi connectivity index (χ4n) is 2.72. The van der Waals surface area contributed by atoms with Gasteiger partial charge in [0.05, 0.1) is 12.0 Å². The van der Waals surface area contributed by atoms with Gasteiger partial charge in [0, 0.05) is 18.0 Å². The summed E-state index contributed by atoms with van der Waals surface area (Å²) in [6.07, 6.45) is 6.60. The van der Waals surface area contributed by atoms with Gasteiger partial charge in [0.25, 0.3) is 0 Å². The van der Waals surface area contributed by atoms with Gasteiger partial charge in [-0.15, -0.1) is 11.3 Å². The molecule has 2 heterocycles. The highest BCUT2D eigenvalue weighted by atomic mass is 32.1. The molecule has 102 valence electrons. The van der Waals surface area contributed by atoms with Crippen LogP contribution in [-0.2, 0) is 17.6 Å². The van der Waals surface area contributed by atoms with Crippen molar-refractivity contribution in [1.82, 2.24) is 9.97 Å². The molecule has 1 aliphatic rings. The normalized spacial score (nSPS) is 16.3. The highest BCUT2D eigenvalue weighted by Gasteiger charge is 2.20. The summed E-state index contributed by atoms with van der Waals surface area (Å²) in [5, 5.41) is 4.69. The molecule has 0 saturated carbocycles. The highest BCUT2D eigenvalue weighted by molar-refractivity contribution is 7.19. The molecule has 2 aromatic heterocycles. The van der Waals surface area contributed by atoms with E-state index in [0.717, 1.165) is 17.1 Å². The number of thiophene rings is 1. The number of aromatic nitrogens is 2. The van der Waals surface area contributed by atoms with Gasteiger partial charge in [-0.2, -0.15) is 0 Å². The molecule has 5 heteroatoms. The number of fused-ring (bicyclic) bond motifs is 3. The van der Waals surface area contributed by atoms with Crippen molar-refractivity contribution in [1.29, 1.82) is 0 Å². The van der Waals surface area contributed by atoms with E-state index in [9.17, 15) is 0 Å². The summed E-state index contributed by atoms with van der Waals surface area (Å²) >= 11 is 1.83. The zero-order chi connectivity index (χ0) is 13.2. The van der Waals surface area contributed by atoms with Gasteiger partial charge < -0.3 is 10.1 Å². The predicted molar refractivity (Wildman–Crippen MR) is 79.0 cm³/mol. The first kappa shape index (κ1) is 12.8. The predicted octanol–water partition coefficient (Wildman–Crippen LogP) is 3.02. The molecule has 19 heavy (non-hydrogen) atoms. The molecule has 1 unspecified atom stereocenters. The number of nitrogens with zero attached hydrogens (tertiary/aromatic N) is 2. The number of ether oxygens (including phenoxy) is 1. The van der Waals surface area contributed by atoms with E-state index in [1.807, 2.05) is 11.3 Å². The first-order valence-electron chi connectivity index (χ1n) is 6.80. The zero-order valence-electron chi connectivity index (χ0n) is 11.4. The molecule has 2 aromatic rings. The fourth-order valence-corrected chi connectivity index (χ4v) is 3.95. The molecule has 0 bridgehead atoms. The van der Waals surface area contributed by atoms with Crippen molar-refractivity contribution < 1.29 is 4.74 Å². The molecule has 0 aromatic carbocycles. The van der Waals surface area contributed by atoms with Crippen LogP contribution in [0, 0.1) is 0 Å². The van der Waals surface area contributed by atoms with E-state index in [1.165, 1.54) is 35.1 Å². The second kappa shape index (κ2) is 5.43. The third kappa shape index (κ3) is 2.44. The standard InChI is InChI=1S/C14H19N3OS/c1-9(7-18-2)17-13-12-10-5-3-4-6-11(10)19-14(12)16-8-15-13/h8-9H,3-7H2,1-2H3,(H,15,16,17). The van der Waals surface area contributed by atoms with Crippen molar-refractivity contribution in [2.75, 3.05) is 19.0 Å². The van der Waals surface area contributed by atoms with Crippen molar-refractivity contribution in [3.63, 3.8) is 0 Å². The topological polar surface area (TPSA) is 47.0 Å². The van der Waals surface area contributed by atoms with Gasteiger partial charge in [0.2, 0.25) is 0 Å². The lowest BCUT2D eigenvalue weighted by Crippen LogP contribution is -2.21. The molecule has 1 atom stereocenters. The number of hydrogen-bond donors (Lipinski definition) is 1. The summed E-state index contributed by atoms with van der Waals surface area (Å²) in [6.45, 7) is 2.79. The molecular weight excluding hydrogens is 258 g/mol. The number of methoxy groups -OCH3 is 1. The number of hydrogen-bond acceptors (Lipinski definition) is 5. The van der Waals surface area contributed by atoms with Crippen LogP contribution in [-0.4, -0.2) is 29.7 Å². The molecule has 0 radical (unpaired) electrons. The third-order valence-electron chi connectivity index (χ3n) is 3.55. The Morgan fingerprint density at radius 3 is 3.05 bits per heavy atom. The second-order valence-corrected chi connectivity index (χ2v) is 6.20. The molecule has 0 spiro atoms. The minimum Gasteiger partial charge on any atom is -0.383 e. The second-order valence-electron chi connectivity index (χ2n) is 5.11. The largest absolute Gasteiger partial charge is 0.383 e. The first-order valence-corrected chi connectivity index (χ1v) is 7.62. The molecule has 1 aliphatic carbocycles. The van der Waals surface area contributed by atoms with Gasteiger partial charge in [-0.3, -0.25) is 0 Å². The number of anilines is 1. The Labute approximate surface area is 117 Å². The summed E-state index contributed by atoms with van der Waals surface area (Å²) in [7, 11) is 1.72. The van der Waals surface area contributed by atoms with Crippen molar-refractivity contribution in [2.45, 2.75) is 38.6 Å². The van der Waals surface area contributed by atoms with E-state index in [0.29, 0.717) is 6.61 Å². The highest BCUT2D eigenvalue weighted by Crippen LogP contribution is 2.38. The molecule has 0 aliphatic heterocycles. The summed E-state index contributed by atoms with van der Waals surface area (Å²) in [4.78, 5) is 11.5. The zero-order valence-corrected chi connectivity index (χ0v) is 12.2.